The molecule has 0 fully saturated rings. The predicted molar refractivity (Wildman–Crippen MR) is 106 cm³/mol. The molecule has 0 spiro atoms. The second-order valence-corrected chi connectivity index (χ2v) is 6.13. The Morgan fingerprint density at radius 1 is 1.08 bits per heavy atom. The highest BCUT2D eigenvalue weighted by Crippen LogP contribution is 2.23. The molecule has 1 N–H and O–H groups in total. The van der Waals surface area contributed by atoms with E-state index in [2.05, 4.69) is 5.32 Å². The van der Waals surface area contributed by atoms with E-state index in [9.17, 15) is 4.79 Å². The average Bonchev–Trinajstić information content (AvgIpc) is 2.67. The van der Waals surface area contributed by atoms with Crippen LogP contribution in [0, 0.1) is 0 Å². The van der Waals surface area contributed by atoms with E-state index < -0.39 is 6.04 Å². The Hall–Kier alpha value is -2.86. The first-order valence-electron chi connectivity index (χ1n) is 8.40. The van der Waals surface area contributed by atoms with Crippen LogP contribution in [0.1, 0.15) is 19.5 Å². The minimum Gasteiger partial charge on any atom is -0.464 e. The van der Waals surface area contributed by atoms with Crippen molar-refractivity contribution in [1.82, 2.24) is 15.3 Å². The lowest BCUT2D eigenvalue weighted by Crippen LogP contribution is -2.39. The largest absolute Gasteiger partial charge is 0.464 e. The van der Waals surface area contributed by atoms with Crippen LogP contribution in [0.5, 0.6) is 0 Å². The third-order valence-corrected chi connectivity index (χ3v) is 4.13. The third kappa shape index (κ3) is 3.86. The summed E-state index contributed by atoms with van der Waals surface area (Å²) in [5.74, 6) is -0.357. The summed E-state index contributed by atoms with van der Waals surface area (Å²) < 4.78 is 5.03. The normalized spacial score (nSPS) is 11.8. The van der Waals surface area contributed by atoms with Gasteiger partial charge in [-0.1, -0.05) is 54.7 Å². The molecule has 0 radical (unpaired) electrons. The van der Waals surface area contributed by atoms with Gasteiger partial charge in [0.2, 0.25) is 0 Å². The molecule has 0 aliphatic heterocycles. The van der Waals surface area contributed by atoms with Gasteiger partial charge in [-0.2, -0.15) is 0 Å². The lowest BCUT2D eigenvalue weighted by atomic mass is 10.1. The predicted octanol–water partition coefficient (Wildman–Crippen LogP) is 3.51. The molecule has 132 valence electrons. The molecule has 0 unspecified atom stereocenters. The van der Waals surface area contributed by atoms with E-state index in [1.54, 1.807) is 13.8 Å². The number of nitrogens with one attached hydrogen (secondary N) is 1. The number of esters is 1. The van der Waals surface area contributed by atoms with Gasteiger partial charge in [0.1, 0.15) is 16.7 Å². The van der Waals surface area contributed by atoms with Gasteiger partial charge in [0.15, 0.2) is 0 Å². The van der Waals surface area contributed by atoms with Crippen molar-refractivity contribution in [2.75, 3.05) is 6.61 Å². The summed E-state index contributed by atoms with van der Waals surface area (Å²) in [7, 11) is 0. The molecule has 3 aromatic rings. The fraction of sp³-hybridized carbons (Fsp3) is 0.200. The van der Waals surface area contributed by atoms with Crippen LogP contribution in [0.15, 0.2) is 54.6 Å². The van der Waals surface area contributed by atoms with Gasteiger partial charge in [0.25, 0.3) is 0 Å². The maximum Gasteiger partial charge on any atom is 0.328 e. The standard InChI is InChI=1S/C20H19N3O2S/c1-3-25-20(24)13(2)21-19(26)18-17(14-9-5-4-6-10-14)22-15-11-7-8-12-16(15)23-18/h4-13H,3H2,1-2H3,(H,21,26)/t13-/m1/s1. The zero-order valence-electron chi connectivity index (χ0n) is 14.6. The van der Waals surface area contributed by atoms with Gasteiger partial charge in [0.05, 0.1) is 23.3 Å². The number of hydrogen-bond acceptors (Lipinski definition) is 5. The maximum atomic E-state index is 11.9. The second-order valence-electron chi connectivity index (χ2n) is 5.72. The van der Waals surface area contributed by atoms with Crippen LogP contribution < -0.4 is 5.32 Å². The van der Waals surface area contributed by atoms with Gasteiger partial charge in [-0.15, -0.1) is 0 Å². The first kappa shape index (κ1) is 17.9. The Labute approximate surface area is 157 Å². The zero-order chi connectivity index (χ0) is 18.5. The van der Waals surface area contributed by atoms with Crippen molar-refractivity contribution < 1.29 is 9.53 Å². The summed E-state index contributed by atoms with van der Waals surface area (Å²) in [6, 6.07) is 16.8. The number of rotatable bonds is 5. The highest BCUT2D eigenvalue weighted by Gasteiger charge is 2.20. The van der Waals surface area contributed by atoms with Crippen molar-refractivity contribution in [1.29, 1.82) is 0 Å². The lowest BCUT2D eigenvalue weighted by molar-refractivity contribution is -0.144. The number of fused-ring (bicyclic) bond motifs is 1. The van der Waals surface area contributed by atoms with E-state index in [-0.39, 0.29) is 5.97 Å². The zero-order valence-corrected chi connectivity index (χ0v) is 15.4. The quantitative estimate of drug-likeness (QED) is 0.551. The molecule has 0 saturated heterocycles. The average molecular weight is 365 g/mol. The Morgan fingerprint density at radius 3 is 2.35 bits per heavy atom. The summed E-state index contributed by atoms with van der Waals surface area (Å²) in [4.78, 5) is 21.7. The molecule has 1 atom stereocenters. The number of carbonyl (C=O) groups is 1. The van der Waals surface area contributed by atoms with Crippen molar-refractivity contribution in [3.05, 3.63) is 60.3 Å². The second kappa shape index (κ2) is 8.01. The van der Waals surface area contributed by atoms with Crippen molar-refractivity contribution in [2.45, 2.75) is 19.9 Å². The van der Waals surface area contributed by atoms with Crippen LogP contribution in [-0.4, -0.2) is 33.6 Å². The lowest BCUT2D eigenvalue weighted by Gasteiger charge is -2.16. The van der Waals surface area contributed by atoms with Crippen molar-refractivity contribution in [3.63, 3.8) is 0 Å². The summed E-state index contributed by atoms with van der Waals surface area (Å²) in [6.45, 7) is 3.80. The molecule has 6 heteroatoms. The number of nitrogens with zero attached hydrogens (tertiary/aromatic N) is 2. The Kier molecular flexibility index (Phi) is 5.53. The van der Waals surface area contributed by atoms with Crippen LogP contribution in [0.25, 0.3) is 22.3 Å². The van der Waals surface area contributed by atoms with E-state index in [1.165, 1.54) is 0 Å². The van der Waals surface area contributed by atoms with E-state index in [4.69, 9.17) is 26.9 Å². The number of aromatic nitrogens is 2. The molecule has 0 aliphatic rings. The SMILES string of the molecule is CCOC(=O)[C@@H](C)NC(=S)c1nc2ccccc2nc1-c1ccccc1. The van der Waals surface area contributed by atoms with Crippen LogP contribution in [0.4, 0.5) is 0 Å². The molecule has 1 heterocycles. The molecule has 0 saturated carbocycles. The maximum absolute atomic E-state index is 11.9. The molecule has 0 amide bonds. The smallest absolute Gasteiger partial charge is 0.328 e. The number of thiocarbonyl (C=S) groups is 1. The van der Waals surface area contributed by atoms with E-state index >= 15 is 0 Å². The molecule has 2 aromatic carbocycles. The number of carbonyl (C=O) groups excluding carboxylic acids is 1. The summed E-state index contributed by atoms with van der Waals surface area (Å²) in [5.41, 5.74) is 3.67. The van der Waals surface area contributed by atoms with Crippen molar-refractivity contribution >= 4 is 34.2 Å². The van der Waals surface area contributed by atoms with Crippen molar-refractivity contribution in [3.8, 4) is 11.3 Å². The first-order valence-corrected chi connectivity index (χ1v) is 8.80. The van der Waals surface area contributed by atoms with Crippen molar-refractivity contribution in [2.24, 2.45) is 0 Å². The Morgan fingerprint density at radius 2 is 1.69 bits per heavy atom. The topological polar surface area (TPSA) is 64.1 Å². The van der Waals surface area contributed by atoms with Gasteiger partial charge in [0, 0.05) is 5.56 Å². The minimum absolute atomic E-state index is 0.322. The molecule has 1 aromatic heterocycles. The molecule has 26 heavy (non-hydrogen) atoms. The monoisotopic (exact) mass is 365 g/mol. The van der Waals surface area contributed by atoms with Gasteiger partial charge in [-0.3, -0.25) is 0 Å². The fourth-order valence-corrected chi connectivity index (χ4v) is 2.87. The minimum atomic E-state index is -0.570. The van der Waals surface area contributed by atoms with E-state index in [1.807, 2.05) is 54.6 Å². The molecule has 0 bridgehead atoms. The van der Waals surface area contributed by atoms with Crippen LogP contribution in [-0.2, 0) is 9.53 Å². The number of hydrogen-bond donors (Lipinski definition) is 1. The van der Waals surface area contributed by atoms with Crippen LogP contribution >= 0.6 is 12.2 Å². The number of benzene rings is 2. The molecular weight excluding hydrogens is 346 g/mol. The highest BCUT2D eigenvalue weighted by atomic mass is 32.1. The highest BCUT2D eigenvalue weighted by molar-refractivity contribution is 7.80. The van der Waals surface area contributed by atoms with Gasteiger partial charge >= 0.3 is 5.97 Å². The first-order chi connectivity index (χ1) is 12.6. The molecule has 0 aliphatic carbocycles. The fourth-order valence-electron chi connectivity index (χ4n) is 2.55. The summed E-state index contributed by atoms with van der Waals surface area (Å²) in [5, 5.41) is 3.01. The Balaban J connectivity index is 2.03. The van der Waals surface area contributed by atoms with E-state index in [0.29, 0.717) is 23.0 Å². The van der Waals surface area contributed by atoms with Crippen LogP contribution in [0.2, 0.25) is 0 Å². The molecular formula is C20H19N3O2S. The molecule has 3 rings (SSSR count). The summed E-state index contributed by atoms with van der Waals surface area (Å²) in [6.07, 6.45) is 0. The van der Waals surface area contributed by atoms with Gasteiger partial charge in [-0.25, -0.2) is 14.8 Å². The van der Waals surface area contributed by atoms with Gasteiger partial charge < -0.3 is 10.1 Å². The molecule has 5 nitrogen and oxygen atoms in total. The Bertz CT molecular complexity index is 944. The number of para-hydroxylation sites is 2. The van der Waals surface area contributed by atoms with Crippen LogP contribution in [0.3, 0.4) is 0 Å². The number of ether oxygens (including phenoxy) is 1. The van der Waals surface area contributed by atoms with Gasteiger partial charge in [-0.05, 0) is 26.0 Å². The van der Waals surface area contributed by atoms with E-state index in [0.717, 1.165) is 16.6 Å². The third-order valence-electron chi connectivity index (χ3n) is 3.82. The summed E-state index contributed by atoms with van der Waals surface area (Å²) >= 11 is 5.53.